The molecule has 1 aliphatic heterocycles. The first-order valence-electron chi connectivity index (χ1n) is 9.14. The highest BCUT2D eigenvalue weighted by atomic mass is 79.9. The van der Waals surface area contributed by atoms with Gasteiger partial charge < -0.3 is 9.47 Å². The van der Waals surface area contributed by atoms with E-state index in [0.717, 1.165) is 26.9 Å². The molecule has 0 unspecified atom stereocenters. The van der Waals surface area contributed by atoms with E-state index < -0.39 is 5.97 Å². The average molecular weight is 448 g/mol. The molecule has 0 spiro atoms. The molecule has 29 heavy (non-hydrogen) atoms. The lowest BCUT2D eigenvalue weighted by Crippen LogP contribution is -2.05. The van der Waals surface area contributed by atoms with Crippen molar-refractivity contribution in [1.82, 2.24) is 0 Å². The van der Waals surface area contributed by atoms with Crippen LogP contribution in [0.25, 0.3) is 6.08 Å². The van der Waals surface area contributed by atoms with E-state index in [9.17, 15) is 4.79 Å². The summed E-state index contributed by atoms with van der Waals surface area (Å²) >= 11 is 3.41. The third kappa shape index (κ3) is 4.81. The number of hydrogen-bond donors (Lipinski definition) is 0. The lowest BCUT2D eigenvalue weighted by Gasteiger charge is -2.07. The van der Waals surface area contributed by atoms with Crippen molar-refractivity contribution < 1.29 is 14.3 Å². The fourth-order valence-electron chi connectivity index (χ4n) is 2.94. The largest absolute Gasteiger partial charge is 0.489 e. The summed E-state index contributed by atoms with van der Waals surface area (Å²) in [5.41, 5.74) is 4.20. The van der Waals surface area contributed by atoms with Gasteiger partial charge in [0, 0.05) is 10.0 Å². The van der Waals surface area contributed by atoms with Crippen molar-refractivity contribution in [2.45, 2.75) is 13.5 Å². The van der Waals surface area contributed by atoms with Crippen molar-refractivity contribution >= 4 is 33.9 Å². The second kappa shape index (κ2) is 8.45. The Labute approximate surface area is 177 Å². The van der Waals surface area contributed by atoms with E-state index in [-0.39, 0.29) is 5.70 Å². The van der Waals surface area contributed by atoms with Crippen molar-refractivity contribution in [2.24, 2.45) is 4.99 Å². The van der Waals surface area contributed by atoms with Crippen LogP contribution in [-0.4, -0.2) is 11.9 Å². The standard InChI is InChI=1S/C24H18BrNO3/c1-16-4-2-5-18(12-16)15-28-21-10-8-17(9-11-21)13-22-24(27)29-23(26-22)19-6-3-7-20(25)14-19/h2-14H,15H2,1H3. The second-order valence-electron chi connectivity index (χ2n) is 6.69. The molecule has 5 heteroatoms. The molecule has 0 aliphatic carbocycles. The number of cyclic esters (lactones) is 1. The summed E-state index contributed by atoms with van der Waals surface area (Å²) in [5.74, 6) is 0.612. The van der Waals surface area contributed by atoms with Crippen molar-refractivity contribution in [3.05, 3.63) is 105 Å². The fraction of sp³-hybridized carbons (Fsp3) is 0.0833. The van der Waals surface area contributed by atoms with E-state index in [4.69, 9.17) is 9.47 Å². The number of ether oxygens (including phenoxy) is 2. The zero-order chi connectivity index (χ0) is 20.2. The first kappa shape index (κ1) is 19.2. The number of rotatable bonds is 5. The van der Waals surface area contributed by atoms with Gasteiger partial charge in [-0.1, -0.05) is 64.0 Å². The van der Waals surface area contributed by atoms with Crippen LogP contribution in [0.1, 0.15) is 22.3 Å². The molecule has 0 saturated carbocycles. The third-order valence-corrected chi connectivity index (χ3v) is 4.86. The van der Waals surface area contributed by atoms with Crippen LogP contribution >= 0.6 is 15.9 Å². The molecule has 0 saturated heterocycles. The van der Waals surface area contributed by atoms with Crippen molar-refractivity contribution in [3.63, 3.8) is 0 Å². The highest BCUT2D eigenvalue weighted by Crippen LogP contribution is 2.22. The van der Waals surface area contributed by atoms with Gasteiger partial charge in [-0.25, -0.2) is 9.79 Å². The van der Waals surface area contributed by atoms with Crippen LogP contribution in [0, 0.1) is 6.92 Å². The summed E-state index contributed by atoms with van der Waals surface area (Å²) < 4.78 is 12.0. The summed E-state index contributed by atoms with van der Waals surface area (Å²) in [5, 5.41) is 0. The van der Waals surface area contributed by atoms with E-state index in [0.29, 0.717) is 12.5 Å². The fourth-order valence-corrected chi connectivity index (χ4v) is 3.34. The van der Waals surface area contributed by atoms with Gasteiger partial charge in [-0.2, -0.15) is 0 Å². The zero-order valence-corrected chi connectivity index (χ0v) is 17.3. The molecular weight excluding hydrogens is 430 g/mol. The summed E-state index contributed by atoms with van der Waals surface area (Å²) in [6.07, 6.45) is 1.71. The van der Waals surface area contributed by atoms with Crippen LogP contribution in [0.3, 0.4) is 0 Å². The molecule has 1 aliphatic rings. The first-order valence-corrected chi connectivity index (χ1v) is 9.93. The number of esters is 1. The Morgan fingerprint density at radius 1 is 1.03 bits per heavy atom. The van der Waals surface area contributed by atoms with Gasteiger partial charge in [0.15, 0.2) is 5.70 Å². The minimum absolute atomic E-state index is 0.272. The summed E-state index contributed by atoms with van der Waals surface area (Å²) in [7, 11) is 0. The Morgan fingerprint density at radius 2 is 1.83 bits per heavy atom. The maximum absolute atomic E-state index is 12.2. The van der Waals surface area contributed by atoms with Crippen LogP contribution in [-0.2, 0) is 16.1 Å². The Bertz CT molecular complexity index is 1120. The topological polar surface area (TPSA) is 47.9 Å². The Hall–Kier alpha value is -3.18. The summed E-state index contributed by atoms with van der Waals surface area (Å²) in [4.78, 5) is 16.5. The quantitative estimate of drug-likeness (QED) is 0.373. The number of halogens is 1. The number of aliphatic imine (C=N–C) groups is 1. The van der Waals surface area contributed by atoms with Crippen LogP contribution in [0.15, 0.2) is 88.0 Å². The monoisotopic (exact) mass is 447 g/mol. The SMILES string of the molecule is Cc1cccc(COc2ccc(C=C3N=C(c4cccc(Br)c4)OC3=O)cc2)c1. The van der Waals surface area contributed by atoms with Gasteiger partial charge in [0.2, 0.25) is 5.90 Å². The molecule has 1 heterocycles. The van der Waals surface area contributed by atoms with Gasteiger partial charge in [0.05, 0.1) is 0 Å². The summed E-state index contributed by atoms with van der Waals surface area (Å²) in [6, 6.07) is 23.2. The molecule has 0 fully saturated rings. The molecule has 0 N–H and O–H groups in total. The van der Waals surface area contributed by atoms with Gasteiger partial charge in [-0.05, 0) is 54.5 Å². The predicted octanol–water partition coefficient (Wildman–Crippen LogP) is 5.68. The van der Waals surface area contributed by atoms with Crippen molar-refractivity contribution in [2.75, 3.05) is 0 Å². The molecular formula is C24H18BrNO3. The Morgan fingerprint density at radius 3 is 2.59 bits per heavy atom. The normalized spacial score (nSPS) is 14.6. The van der Waals surface area contributed by atoms with E-state index in [1.54, 1.807) is 6.08 Å². The lowest BCUT2D eigenvalue weighted by molar-refractivity contribution is -0.129. The van der Waals surface area contributed by atoms with Gasteiger partial charge in [0.25, 0.3) is 0 Å². The smallest absolute Gasteiger partial charge is 0.363 e. The molecule has 3 aromatic carbocycles. The van der Waals surface area contributed by atoms with E-state index in [2.05, 4.69) is 40.0 Å². The first-order chi connectivity index (χ1) is 14.1. The second-order valence-corrected chi connectivity index (χ2v) is 7.61. The van der Waals surface area contributed by atoms with Crippen LogP contribution in [0.4, 0.5) is 0 Å². The van der Waals surface area contributed by atoms with E-state index in [1.165, 1.54) is 5.56 Å². The van der Waals surface area contributed by atoms with Crippen LogP contribution < -0.4 is 4.74 Å². The molecule has 4 rings (SSSR count). The molecule has 0 aromatic heterocycles. The molecule has 0 bridgehead atoms. The number of benzene rings is 3. The number of nitrogens with zero attached hydrogens (tertiary/aromatic N) is 1. The summed E-state index contributed by atoms with van der Waals surface area (Å²) in [6.45, 7) is 2.57. The maximum atomic E-state index is 12.2. The minimum Gasteiger partial charge on any atom is -0.489 e. The number of aryl methyl sites for hydroxylation is 1. The van der Waals surface area contributed by atoms with Crippen LogP contribution in [0.5, 0.6) is 5.75 Å². The maximum Gasteiger partial charge on any atom is 0.363 e. The average Bonchev–Trinajstić information content (AvgIpc) is 3.08. The molecule has 0 atom stereocenters. The molecule has 0 amide bonds. The van der Waals surface area contributed by atoms with Gasteiger partial charge >= 0.3 is 5.97 Å². The number of carbonyl (C=O) groups excluding carboxylic acids is 1. The van der Waals surface area contributed by atoms with Gasteiger partial charge in [0.1, 0.15) is 12.4 Å². The highest BCUT2D eigenvalue weighted by molar-refractivity contribution is 9.10. The van der Waals surface area contributed by atoms with Crippen molar-refractivity contribution in [3.8, 4) is 5.75 Å². The zero-order valence-electron chi connectivity index (χ0n) is 15.8. The minimum atomic E-state index is -0.459. The molecule has 3 aromatic rings. The lowest BCUT2D eigenvalue weighted by atomic mass is 10.1. The number of hydrogen-bond acceptors (Lipinski definition) is 4. The number of carbonyl (C=O) groups is 1. The van der Waals surface area contributed by atoms with E-state index >= 15 is 0 Å². The van der Waals surface area contributed by atoms with Crippen molar-refractivity contribution in [1.29, 1.82) is 0 Å². The van der Waals surface area contributed by atoms with E-state index in [1.807, 2.05) is 60.7 Å². The molecule has 144 valence electrons. The molecule has 0 radical (unpaired) electrons. The van der Waals surface area contributed by atoms with Crippen LogP contribution in [0.2, 0.25) is 0 Å². The Balaban J connectivity index is 1.46. The van der Waals surface area contributed by atoms with Gasteiger partial charge in [-0.3, -0.25) is 0 Å². The Kier molecular flexibility index (Phi) is 5.58. The third-order valence-electron chi connectivity index (χ3n) is 4.36. The predicted molar refractivity (Wildman–Crippen MR) is 117 cm³/mol. The van der Waals surface area contributed by atoms with Gasteiger partial charge in [-0.15, -0.1) is 0 Å². The highest BCUT2D eigenvalue weighted by Gasteiger charge is 2.24. The molecule has 4 nitrogen and oxygen atoms in total.